The minimum Gasteiger partial charge on any atom is -0.379 e. The summed E-state index contributed by atoms with van der Waals surface area (Å²) in [6.45, 7) is 8.11. The van der Waals surface area contributed by atoms with Gasteiger partial charge >= 0.3 is 0 Å². The molecule has 0 saturated carbocycles. The highest BCUT2D eigenvalue weighted by Crippen LogP contribution is 2.35. The van der Waals surface area contributed by atoms with Crippen LogP contribution in [0.1, 0.15) is 36.9 Å². The Morgan fingerprint density at radius 1 is 1.07 bits per heavy atom. The van der Waals surface area contributed by atoms with Crippen LogP contribution in [-0.4, -0.2) is 86.5 Å². The first kappa shape index (κ1) is 28.4. The van der Waals surface area contributed by atoms with Crippen molar-refractivity contribution >= 4 is 38.9 Å². The molecule has 2 fully saturated rings. The molecule has 0 bridgehead atoms. The van der Waals surface area contributed by atoms with Crippen LogP contribution in [0, 0.1) is 5.82 Å². The number of rotatable bonds is 9. The highest BCUT2D eigenvalue weighted by Gasteiger charge is 2.26. The number of hydrogen-bond donors (Lipinski definition) is 0. The molecule has 0 spiro atoms. The first-order valence-electron chi connectivity index (χ1n) is 14.4. The molecule has 41 heavy (non-hydrogen) atoms. The predicted octanol–water partition coefficient (Wildman–Crippen LogP) is 5.10. The van der Waals surface area contributed by atoms with Gasteiger partial charge in [0, 0.05) is 56.9 Å². The number of ether oxygens (including phenoxy) is 1. The minimum absolute atomic E-state index is 0.252. The van der Waals surface area contributed by atoms with Gasteiger partial charge in [0.1, 0.15) is 17.3 Å². The molecule has 8 nitrogen and oxygen atoms in total. The Labute approximate surface area is 247 Å². The number of thiazole rings is 1. The van der Waals surface area contributed by atoms with Crippen molar-refractivity contribution in [2.45, 2.75) is 32.1 Å². The molecule has 1 atom stereocenters. The second kappa shape index (κ2) is 12.7. The Morgan fingerprint density at radius 3 is 2.56 bits per heavy atom. The lowest BCUT2D eigenvalue weighted by Crippen LogP contribution is -2.41. The Hall–Kier alpha value is -2.70. The first-order valence-corrected chi connectivity index (χ1v) is 16.6. The number of halogens is 1. The fourth-order valence-electron chi connectivity index (χ4n) is 5.75. The highest BCUT2D eigenvalue weighted by molar-refractivity contribution is 7.82. The van der Waals surface area contributed by atoms with Gasteiger partial charge in [0.25, 0.3) is 0 Å². The summed E-state index contributed by atoms with van der Waals surface area (Å²) < 4.78 is 36.2. The molecule has 0 N–H and O–H groups in total. The third-order valence-corrected chi connectivity index (χ3v) is 10.5. The fraction of sp³-hybridized carbons (Fsp3) is 0.467. The predicted molar refractivity (Wildman–Crippen MR) is 164 cm³/mol. The molecule has 218 valence electrons. The summed E-state index contributed by atoms with van der Waals surface area (Å²) in [5.41, 5.74) is 4.96. The standard InChI is InChI=1S/C30H37FN6O2S2/c1-3-26-29(34(2)30-33-27(21-40-30)23-4-7-25(31)8-5-23)37-20-24(6-9-28(37)32-26)22-10-12-36(13-11-22)41(38)19-16-35-14-17-39-18-15-35/h4-9,20-22H,3,10-19H2,1-2H3. The molecular weight excluding hydrogens is 560 g/mol. The molecule has 0 amide bonds. The maximum atomic E-state index is 13.4. The van der Waals surface area contributed by atoms with Crippen molar-refractivity contribution in [1.29, 1.82) is 0 Å². The number of anilines is 2. The van der Waals surface area contributed by atoms with Crippen LogP contribution in [0.3, 0.4) is 0 Å². The number of imidazole rings is 1. The number of hydrogen-bond acceptors (Lipinski definition) is 7. The van der Waals surface area contributed by atoms with Gasteiger partial charge in [0.05, 0.1) is 41.3 Å². The molecule has 5 heterocycles. The van der Waals surface area contributed by atoms with E-state index < -0.39 is 11.0 Å². The summed E-state index contributed by atoms with van der Waals surface area (Å²) in [6.07, 6.45) is 5.02. The maximum Gasteiger partial charge on any atom is 0.191 e. The zero-order valence-corrected chi connectivity index (χ0v) is 25.3. The summed E-state index contributed by atoms with van der Waals surface area (Å²) in [4.78, 5) is 14.3. The van der Waals surface area contributed by atoms with E-state index in [0.717, 1.165) is 98.7 Å². The van der Waals surface area contributed by atoms with Gasteiger partial charge in [-0.25, -0.2) is 22.9 Å². The van der Waals surface area contributed by atoms with E-state index in [1.165, 1.54) is 17.7 Å². The SMILES string of the molecule is CCc1nc2ccc(C3CCN(S(=O)CCN4CCOCC4)CC3)cn2c1N(C)c1nc(-c2ccc(F)cc2)cs1. The average Bonchev–Trinajstić information content (AvgIpc) is 3.66. The average molecular weight is 597 g/mol. The molecule has 6 rings (SSSR count). The molecule has 3 aromatic heterocycles. The largest absolute Gasteiger partial charge is 0.379 e. The van der Waals surface area contributed by atoms with Crippen molar-refractivity contribution in [1.82, 2.24) is 23.6 Å². The van der Waals surface area contributed by atoms with Crippen LogP contribution in [0.15, 0.2) is 48.0 Å². The second-order valence-electron chi connectivity index (χ2n) is 10.7. The summed E-state index contributed by atoms with van der Waals surface area (Å²) in [7, 11) is 1.10. The number of pyridine rings is 1. The van der Waals surface area contributed by atoms with Crippen molar-refractivity contribution in [3.8, 4) is 11.3 Å². The fourth-order valence-corrected chi connectivity index (χ4v) is 7.84. The molecule has 2 aliphatic heterocycles. The molecule has 1 aromatic carbocycles. The van der Waals surface area contributed by atoms with E-state index in [-0.39, 0.29) is 5.82 Å². The van der Waals surface area contributed by atoms with E-state index in [4.69, 9.17) is 14.7 Å². The van der Waals surface area contributed by atoms with Crippen molar-refractivity contribution in [3.63, 3.8) is 0 Å². The summed E-state index contributed by atoms with van der Waals surface area (Å²) in [5, 5.41) is 2.87. The van der Waals surface area contributed by atoms with Crippen LogP contribution >= 0.6 is 11.3 Å². The van der Waals surface area contributed by atoms with Crippen molar-refractivity contribution in [2.24, 2.45) is 0 Å². The topological polar surface area (TPSA) is 66.2 Å². The van der Waals surface area contributed by atoms with E-state index in [2.05, 4.69) is 43.8 Å². The minimum atomic E-state index is -0.939. The van der Waals surface area contributed by atoms with E-state index in [9.17, 15) is 8.60 Å². The highest BCUT2D eigenvalue weighted by atomic mass is 32.2. The number of piperidine rings is 1. The zero-order valence-electron chi connectivity index (χ0n) is 23.7. The van der Waals surface area contributed by atoms with Gasteiger partial charge in [0.15, 0.2) is 5.13 Å². The smallest absolute Gasteiger partial charge is 0.191 e. The van der Waals surface area contributed by atoms with E-state index in [1.54, 1.807) is 23.5 Å². The lowest BCUT2D eigenvalue weighted by Gasteiger charge is -2.32. The van der Waals surface area contributed by atoms with Crippen LogP contribution in [0.4, 0.5) is 15.3 Å². The number of fused-ring (bicyclic) bond motifs is 1. The van der Waals surface area contributed by atoms with Gasteiger partial charge in [-0.15, -0.1) is 11.3 Å². The van der Waals surface area contributed by atoms with Crippen molar-refractivity contribution in [2.75, 3.05) is 63.6 Å². The van der Waals surface area contributed by atoms with Gasteiger partial charge in [-0.2, -0.15) is 0 Å². The Kier molecular flexibility index (Phi) is 8.78. The quantitative estimate of drug-likeness (QED) is 0.268. The Morgan fingerprint density at radius 2 is 1.83 bits per heavy atom. The molecule has 2 aliphatic rings. The summed E-state index contributed by atoms with van der Waals surface area (Å²) in [5.74, 6) is 1.88. The Bertz CT molecular complexity index is 1490. The first-order chi connectivity index (χ1) is 20.0. The number of nitrogens with zero attached hydrogens (tertiary/aromatic N) is 6. The van der Waals surface area contributed by atoms with Crippen LogP contribution in [-0.2, 0) is 22.1 Å². The monoisotopic (exact) mass is 596 g/mol. The van der Waals surface area contributed by atoms with Crippen molar-refractivity contribution < 1.29 is 13.3 Å². The zero-order chi connectivity index (χ0) is 28.3. The van der Waals surface area contributed by atoms with Crippen LogP contribution in [0.2, 0.25) is 0 Å². The number of morpholine rings is 1. The van der Waals surface area contributed by atoms with Crippen LogP contribution in [0.25, 0.3) is 16.9 Å². The van der Waals surface area contributed by atoms with E-state index in [1.807, 2.05) is 12.4 Å². The molecule has 0 radical (unpaired) electrons. The second-order valence-corrected chi connectivity index (χ2v) is 13.1. The molecule has 11 heteroatoms. The van der Waals surface area contributed by atoms with Crippen LogP contribution < -0.4 is 4.90 Å². The summed E-state index contributed by atoms with van der Waals surface area (Å²) in [6, 6.07) is 10.8. The molecule has 0 aliphatic carbocycles. The van der Waals surface area contributed by atoms with Gasteiger partial charge < -0.3 is 9.64 Å². The molecule has 1 unspecified atom stereocenters. The van der Waals surface area contributed by atoms with Gasteiger partial charge in [-0.3, -0.25) is 9.30 Å². The summed E-state index contributed by atoms with van der Waals surface area (Å²) >= 11 is 1.57. The van der Waals surface area contributed by atoms with Gasteiger partial charge in [-0.05, 0) is 61.1 Å². The lowest BCUT2D eigenvalue weighted by atomic mass is 9.91. The van der Waals surface area contributed by atoms with Crippen LogP contribution in [0.5, 0.6) is 0 Å². The van der Waals surface area contributed by atoms with Gasteiger partial charge in [0.2, 0.25) is 0 Å². The Balaban J connectivity index is 1.16. The third kappa shape index (κ3) is 6.24. The molecule has 4 aromatic rings. The maximum absolute atomic E-state index is 13.4. The number of aryl methyl sites for hydroxylation is 1. The van der Waals surface area contributed by atoms with E-state index in [0.29, 0.717) is 11.7 Å². The number of benzene rings is 1. The van der Waals surface area contributed by atoms with Gasteiger partial charge in [-0.1, -0.05) is 13.0 Å². The van der Waals surface area contributed by atoms with Crippen molar-refractivity contribution in [3.05, 3.63) is 65.0 Å². The van der Waals surface area contributed by atoms with E-state index >= 15 is 0 Å². The lowest BCUT2D eigenvalue weighted by molar-refractivity contribution is 0.0408. The molecule has 2 saturated heterocycles. The number of aromatic nitrogens is 3. The normalized spacial score (nSPS) is 18.2. The molecular formula is C30H37FN6O2S2. The third-order valence-electron chi connectivity index (χ3n) is 8.16.